The van der Waals surface area contributed by atoms with E-state index in [0.717, 1.165) is 25.0 Å². The van der Waals surface area contributed by atoms with E-state index in [1.807, 2.05) is 42.2 Å². The minimum atomic E-state index is -0.473. The van der Waals surface area contributed by atoms with Crippen LogP contribution < -0.4 is 5.73 Å². The van der Waals surface area contributed by atoms with Crippen LogP contribution >= 0.6 is 12.4 Å². The second-order valence-electron chi connectivity index (χ2n) is 5.31. The smallest absolute Gasteiger partial charge is 0.239 e. The molecule has 1 amide bonds. The molecule has 1 aromatic rings. The lowest BCUT2D eigenvalue weighted by Crippen LogP contribution is -2.47. The molecule has 0 aliphatic carbocycles. The summed E-state index contributed by atoms with van der Waals surface area (Å²) in [5.74, 6) is 0.0202. The molecule has 0 spiro atoms. The van der Waals surface area contributed by atoms with E-state index in [2.05, 4.69) is 0 Å². The number of carbonyl (C=O) groups excluding carboxylic acids is 1. The second-order valence-corrected chi connectivity index (χ2v) is 5.31. The summed E-state index contributed by atoms with van der Waals surface area (Å²) in [5, 5.41) is 0. The second kappa shape index (κ2) is 9.03. The van der Waals surface area contributed by atoms with E-state index in [9.17, 15) is 4.79 Å². The highest BCUT2D eigenvalue weighted by Gasteiger charge is 2.25. The van der Waals surface area contributed by atoms with Gasteiger partial charge in [-0.25, -0.2) is 0 Å². The van der Waals surface area contributed by atoms with Crippen molar-refractivity contribution in [2.45, 2.75) is 38.3 Å². The van der Waals surface area contributed by atoms with Gasteiger partial charge in [-0.2, -0.15) is 0 Å². The molecule has 0 saturated carbocycles. The molecule has 118 valence electrons. The van der Waals surface area contributed by atoms with Crippen LogP contribution in [0.5, 0.6) is 0 Å². The molecule has 5 heteroatoms. The van der Waals surface area contributed by atoms with Crippen molar-refractivity contribution in [1.29, 1.82) is 0 Å². The first-order valence-corrected chi connectivity index (χ1v) is 7.40. The van der Waals surface area contributed by atoms with Crippen molar-refractivity contribution in [1.82, 2.24) is 4.90 Å². The SMILES string of the molecule is CCN(CC1CCCO1)C(=O)[C@@H](N)Cc1ccccc1.Cl. The van der Waals surface area contributed by atoms with Crippen LogP contribution in [0.25, 0.3) is 0 Å². The molecular weight excluding hydrogens is 288 g/mol. The Balaban J connectivity index is 0.00000220. The first-order valence-electron chi connectivity index (χ1n) is 7.40. The predicted octanol–water partition coefficient (Wildman–Crippen LogP) is 2.01. The van der Waals surface area contributed by atoms with Crippen LogP contribution in [0.3, 0.4) is 0 Å². The van der Waals surface area contributed by atoms with E-state index in [1.54, 1.807) is 0 Å². The fourth-order valence-corrected chi connectivity index (χ4v) is 2.60. The summed E-state index contributed by atoms with van der Waals surface area (Å²) in [6.07, 6.45) is 2.90. The van der Waals surface area contributed by atoms with E-state index >= 15 is 0 Å². The quantitative estimate of drug-likeness (QED) is 0.874. The normalized spacial score (nSPS) is 18.9. The van der Waals surface area contributed by atoms with Crippen molar-refractivity contribution in [3.63, 3.8) is 0 Å². The van der Waals surface area contributed by atoms with Gasteiger partial charge in [0.05, 0.1) is 12.1 Å². The molecule has 2 rings (SSSR count). The third-order valence-electron chi connectivity index (χ3n) is 3.76. The van der Waals surface area contributed by atoms with Crippen molar-refractivity contribution in [2.75, 3.05) is 19.7 Å². The van der Waals surface area contributed by atoms with E-state index in [1.165, 1.54) is 0 Å². The number of ether oxygens (including phenoxy) is 1. The Kier molecular flexibility index (Phi) is 7.72. The first-order chi connectivity index (χ1) is 9.70. The van der Waals surface area contributed by atoms with Crippen LogP contribution in [0.2, 0.25) is 0 Å². The summed E-state index contributed by atoms with van der Waals surface area (Å²) in [6.45, 7) is 4.15. The number of halogens is 1. The molecule has 1 unspecified atom stereocenters. The number of nitrogens with zero attached hydrogens (tertiary/aromatic N) is 1. The maximum absolute atomic E-state index is 12.4. The van der Waals surface area contributed by atoms with Crippen molar-refractivity contribution in [3.05, 3.63) is 35.9 Å². The summed E-state index contributed by atoms with van der Waals surface area (Å²) < 4.78 is 5.60. The average molecular weight is 313 g/mol. The van der Waals surface area contributed by atoms with E-state index in [0.29, 0.717) is 19.5 Å². The molecule has 21 heavy (non-hydrogen) atoms. The van der Waals surface area contributed by atoms with Gasteiger partial charge in [0.2, 0.25) is 5.91 Å². The Morgan fingerprint density at radius 2 is 2.14 bits per heavy atom. The third kappa shape index (κ3) is 5.30. The van der Waals surface area contributed by atoms with Crippen LogP contribution in [0, 0.1) is 0 Å². The van der Waals surface area contributed by atoms with E-state index < -0.39 is 6.04 Å². The van der Waals surface area contributed by atoms with Crippen LogP contribution in [-0.2, 0) is 16.0 Å². The van der Waals surface area contributed by atoms with Gasteiger partial charge in [-0.15, -0.1) is 12.4 Å². The molecule has 1 aliphatic rings. The minimum absolute atomic E-state index is 0. The minimum Gasteiger partial charge on any atom is -0.376 e. The topological polar surface area (TPSA) is 55.6 Å². The molecule has 1 heterocycles. The van der Waals surface area contributed by atoms with Gasteiger partial charge in [-0.1, -0.05) is 30.3 Å². The molecule has 1 aromatic carbocycles. The summed E-state index contributed by atoms with van der Waals surface area (Å²) in [5.41, 5.74) is 7.17. The fraction of sp³-hybridized carbons (Fsp3) is 0.562. The Morgan fingerprint density at radius 3 is 2.71 bits per heavy atom. The van der Waals surface area contributed by atoms with Gasteiger partial charge in [0.25, 0.3) is 0 Å². The number of rotatable bonds is 6. The summed E-state index contributed by atoms with van der Waals surface area (Å²) >= 11 is 0. The number of hydrogen-bond acceptors (Lipinski definition) is 3. The van der Waals surface area contributed by atoms with Crippen LogP contribution in [0.1, 0.15) is 25.3 Å². The summed E-state index contributed by atoms with van der Waals surface area (Å²) in [6, 6.07) is 9.44. The maximum Gasteiger partial charge on any atom is 0.239 e. The summed E-state index contributed by atoms with van der Waals surface area (Å²) in [4.78, 5) is 14.2. The lowest BCUT2D eigenvalue weighted by molar-refractivity contribution is -0.133. The highest BCUT2D eigenvalue weighted by atomic mass is 35.5. The molecule has 1 fully saturated rings. The van der Waals surface area contributed by atoms with Gasteiger partial charge in [0.15, 0.2) is 0 Å². The zero-order valence-electron chi connectivity index (χ0n) is 12.5. The highest BCUT2D eigenvalue weighted by molar-refractivity contribution is 5.85. The average Bonchev–Trinajstić information content (AvgIpc) is 2.98. The number of benzene rings is 1. The highest BCUT2D eigenvalue weighted by Crippen LogP contribution is 2.14. The third-order valence-corrected chi connectivity index (χ3v) is 3.76. The van der Waals surface area contributed by atoms with E-state index in [4.69, 9.17) is 10.5 Å². The van der Waals surface area contributed by atoms with Crippen molar-refractivity contribution in [3.8, 4) is 0 Å². The molecule has 4 nitrogen and oxygen atoms in total. The van der Waals surface area contributed by atoms with Gasteiger partial charge in [-0.05, 0) is 31.7 Å². The molecule has 2 atom stereocenters. The molecule has 2 N–H and O–H groups in total. The van der Waals surface area contributed by atoms with Crippen molar-refractivity contribution < 1.29 is 9.53 Å². The van der Waals surface area contributed by atoms with Crippen LogP contribution in [0.15, 0.2) is 30.3 Å². The monoisotopic (exact) mass is 312 g/mol. The van der Waals surface area contributed by atoms with Crippen LogP contribution in [0.4, 0.5) is 0 Å². The molecule has 0 bridgehead atoms. The Labute approximate surface area is 133 Å². The van der Waals surface area contributed by atoms with Gasteiger partial charge >= 0.3 is 0 Å². The van der Waals surface area contributed by atoms with Crippen LogP contribution in [-0.4, -0.2) is 42.6 Å². The van der Waals surface area contributed by atoms with Gasteiger partial charge < -0.3 is 15.4 Å². The molecule has 1 aliphatic heterocycles. The molecule has 0 radical (unpaired) electrons. The largest absolute Gasteiger partial charge is 0.376 e. The molecular formula is C16H25ClN2O2. The Hall–Kier alpha value is -1.10. The molecule has 1 saturated heterocycles. The number of amides is 1. The molecule has 0 aromatic heterocycles. The Morgan fingerprint density at radius 1 is 1.43 bits per heavy atom. The standard InChI is InChI=1S/C16H24N2O2.ClH/c1-2-18(12-14-9-6-10-20-14)16(19)15(17)11-13-7-4-3-5-8-13;/h3-5,7-8,14-15H,2,6,9-12,17H2,1H3;1H/t14?,15-;/m0./s1. The fourth-order valence-electron chi connectivity index (χ4n) is 2.60. The van der Waals surface area contributed by atoms with Gasteiger partial charge in [0, 0.05) is 19.7 Å². The predicted molar refractivity (Wildman–Crippen MR) is 86.6 cm³/mol. The first kappa shape index (κ1) is 18.0. The van der Waals surface area contributed by atoms with E-state index in [-0.39, 0.29) is 24.4 Å². The zero-order chi connectivity index (χ0) is 14.4. The number of likely N-dealkylation sites (N-methyl/N-ethyl adjacent to an activating group) is 1. The number of carbonyl (C=O) groups is 1. The Bertz CT molecular complexity index is 422. The lowest BCUT2D eigenvalue weighted by Gasteiger charge is -2.26. The van der Waals surface area contributed by atoms with Gasteiger partial charge in [0.1, 0.15) is 0 Å². The lowest BCUT2D eigenvalue weighted by atomic mass is 10.1. The summed E-state index contributed by atoms with van der Waals surface area (Å²) in [7, 11) is 0. The van der Waals surface area contributed by atoms with Crippen molar-refractivity contribution in [2.24, 2.45) is 5.73 Å². The van der Waals surface area contributed by atoms with Gasteiger partial charge in [-0.3, -0.25) is 4.79 Å². The number of nitrogens with two attached hydrogens (primary N) is 1. The maximum atomic E-state index is 12.4. The van der Waals surface area contributed by atoms with Crippen molar-refractivity contribution >= 4 is 18.3 Å². The zero-order valence-corrected chi connectivity index (χ0v) is 13.3. The number of hydrogen-bond donors (Lipinski definition) is 1.